The first-order valence-electron chi connectivity index (χ1n) is 11.9. The fraction of sp³-hybridized carbons (Fsp3) is 0.400. The van der Waals surface area contributed by atoms with E-state index < -0.39 is 0 Å². The van der Waals surface area contributed by atoms with Gasteiger partial charge >= 0.3 is 0 Å². The van der Waals surface area contributed by atoms with Crippen LogP contribution in [0.4, 0.5) is 11.6 Å². The highest BCUT2D eigenvalue weighted by molar-refractivity contribution is 5.88. The summed E-state index contributed by atoms with van der Waals surface area (Å²) in [5, 5.41) is 11.2. The number of anilines is 2. The van der Waals surface area contributed by atoms with Crippen molar-refractivity contribution in [2.24, 2.45) is 0 Å². The third-order valence-corrected chi connectivity index (χ3v) is 5.95. The van der Waals surface area contributed by atoms with E-state index in [9.17, 15) is 4.79 Å². The molecule has 4 aromatic rings. The second kappa shape index (κ2) is 10.7. The molecular weight excluding hydrogens is 476 g/mol. The number of amides is 1. The third-order valence-electron chi connectivity index (χ3n) is 5.95. The summed E-state index contributed by atoms with van der Waals surface area (Å²) in [5.41, 5.74) is 1.46. The van der Waals surface area contributed by atoms with Gasteiger partial charge in [-0.05, 0) is 13.8 Å². The van der Waals surface area contributed by atoms with E-state index in [2.05, 4.69) is 20.7 Å². The van der Waals surface area contributed by atoms with Crippen LogP contribution in [0.15, 0.2) is 30.9 Å². The predicted molar refractivity (Wildman–Crippen MR) is 139 cm³/mol. The lowest BCUT2D eigenvalue weighted by Gasteiger charge is -2.14. The van der Waals surface area contributed by atoms with Crippen molar-refractivity contribution in [3.63, 3.8) is 0 Å². The lowest BCUT2D eigenvalue weighted by Crippen LogP contribution is -2.20. The molecule has 0 fully saturated rings. The van der Waals surface area contributed by atoms with Crippen LogP contribution in [0, 0.1) is 0 Å². The second-order valence-corrected chi connectivity index (χ2v) is 8.80. The van der Waals surface area contributed by atoms with Gasteiger partial charge in [0.05, 0.1) is 44.8 Å². The average Bonchev–Trinajstić information content (AvgIpc) is 3.55. The van der Waals surface area contributed by atoms with E-state index in [-0.39, 0.29) is 24.3 Å². The molecule has 1 unspecified atom stereocenters. The number of methoxy groups -OCH3 is 3. The lowest BCUT2D eigenvalue weighted by atomic mass is 10.1. The first-order valence-corrected chi connectivity index (χ1v) is 11.9. The van der Waals surface area contributed by atoms with E-state index in [1.807, 2.05) is 48.3 Å². The number of fused-ring (bicyclic) bond motifs is 1. The topological polar surface area (TPSA) is 130 Å². The molecule has 4 rings (SSSR count). The summed E-state index contributed by atoms with van der Waals surface area (Å²) in [6.07, 6.45) is 5.51. The quantitative estimate of drug-likeness (QED) is 0.330. The highest BCUT2D eigenvalue weighted by atomic mass is 16.5. The predicted octanol–water partition coefficient (Wildman–Crippen LogP) is 3.60. The summed E-state index contributed by atoms with van der Waals surface area (Å²) in [5.74, 6) is 2.98. The van der Waals surface area contributed by atoms with Gasteiger partial charge in [0.1, 0.15) is 23.8 Å². The second-order valence-electron chi connectivity index (χ2n) is 8.80. The van der Waals surface area contributed by atoms with Crippen LogP contribution in [0.2, 0.25) is 0 Å². The van der Waals surface area contributed by atoms with E-state index in [1.54, 1.807) is 40.9 Å². The molecule has 37 heavy (non-hydrogen) atoms. The van der Waals surface area contributed by atoms with E-state index in [0.29, 0.717) is 40.4 Å². The SMILES string of the molecule is CNC(=O)CC(C)c1nc(Nc2cn(-c3cc(OC)c(OC)c(OC)c3)cn2)c2cnn(C(C)C)c2n1. The highest BCUT2D eigenvalue weighted by Gasteiger charge is 2.20. The van der Waals surface area contributed by atoms with Crippen LogP contribution < -0.4 is 24.8 Å². The van der Waals surface area contributed by atoms with Crippen molar-refractivity contribution < 1.29 is 19.0 Å². The Kier molecular flexibility index (Phi) is 7.46. The monoisotopic (exact) mass is 508 g/mol. The Morgan fingerprint density at radius 1 is 1.05 bits per heavy atom. The van der Waals surface area contributed by atoms with Crippen molar-refractivity contribution in [1.82, 2.24) is 34.6 Å². The zero-order valence-corrected chi connectivity index (χ0v) is 22.1. The number of imidazole rings is 1. The standard InChI is InChI=1S/C25H32N8O4/c1-14(2)33-25-17(11-28-33)24(30-23(31-25)15(3)8-21(34)26-4)29-20-12-32(13-27-20)16-9-18(35-5)22(37-7)19(10-16)36-6/h9-15H,8H2,1-7H3,(H,26,34)(H,29,30,31). The van der Waals surface area contributed by atoms with Gasteiger partial charge < -0.3 is 29.4 Å². The van der Waals surface area contributed by atoms with Crippen molar-refractivity contribution in [1.29, 1.82) is 0 Å². The number of rotatable bonds is 10. The number of carbonyl (C=O) groups excluding carboxylic acids is 1. The van der Waals surface area contributed by atoms with Crippen LogP contribution in [0.3, 0.4) is 0 Å². The Balaban J connectivity index is 1.72. The van der Waals surface area contributed by atoms with Crippen LogP contribution in [-0.2, 0) is 4.79 Å². The molecule has 0 saturated carbocycles. The van der Waals surface area contributed by atoms with Gasteiger partial charge in [-0.15, -0.1) is 0 Å². The maximum Gasteiger partial charge on any atom is 0.220 e. The molecule has 0 bridgehead atoms. The number of nitrogens with zero attached hydrogens (tertiary/aromatic N) is 6. The minimum Gasteiger partial charge on any atom is -0.493 e. The Morgan fingerprint density at radius 2 is 1.76 bits per heavy atom. The normalized spacial score (nSPS) is 12.0. The van der Waals surface area contributed by atoms with Crippen molar-refractivity contribution in [3.8, 4) is 22.9 Å². The number of carbonyl (C=O) groups is 1. The number of nitrogens with one attached hydrogen (secondary N) is 2. The Morgan fingerprint density at radius 3 is 2.35 bits per heavy atom. The van der Waals surface area contributed by atoms with Gasteiger partial charge in [0.15, 0.2) is 17.1 Å². The molecular formula is C25H32N8O4. The Bertz CT molecular complexity index is 1390. The fourth-order valence-corrected chi connectivity index (χ4v) is 3.97. The van der Waals surface area contributed by atoms with E-state index in [0.717, 1.165) is 11.1 Å². The number of ether oxygens (including phenoxy) is 3. The molecule has 2 N–H and O–H groups in total. The molecule has 0 aliphatic heterocycles. The van der Waals surface area contributed by atoms with Gasteiger partial charge in [0.25, 0.3) is 0 Å². The summed E-state index contributed by atoms with van der Waals surface area (Å²) >= 11 is 0. The van der Waals surface area contributed by atoms with Crippen LogP contribution in [-0.4, -0.2) is 63.6 Å². The van der Waals surface area contributed by atoms with Gasteiger partial charge in [-0.2, -0.15) is 5.10 Å². The van der Waals surface area contributed by atoms with Gasteiger partial charge in [-0.3, -0.25) is 4.79 Å². The number of benzene rings is 1. The molecule has 0 spiro atoms. The number of hydrogen-bond acceptors (Lipinski definition) is 9. The van der Waals surface area contributed by atoms with Crippen molar-refractivity contribution in [2.75, 3.05) is 33.7 Å². The van der Waals surface area contributed by atoms with Crippen LogP contribution in [0.1, 0.15) is 45.0 Å². The molecule has 0 aliphatic rings. The van der Waals surface area contributed by atoms with Gasteiger partial charge in [0.2, 0.25) is 11.7 Å². The minimum atomic E-state index is -0.197. The molecule has 3 heterocycles. The first-order chi connectivity index (χ1) is 17.8. The van der Waals surface area contributed by atoms with Crippen molar-refractivity contribution in [3.05, 3.63) is 36.7 Å². The number of aromatic nitrogens is 6. The first kappa shape index (κ1) is 25.7. The molecule has 196 valence electrons. The molecule has 3 aromatic heterocycles. The molecule has 1 atom stereocenters. The van der Waals surface area contributed by atoms with Crippen LogP contribution in [0.5, 0.6) is 17.2 Å². The maximum absolute atomic E-state index is 12.0. The van der Waals surface area contributed by atoms with Crippen molar-refractivity contribution in [2.45, 2.75) is 39.2 Å². The minimum absolute atomic E-state index is 0.0767. The average molecular weight is 509 g/mol. The molecule has 0 saturated heterocycles. The molecule has 0 radical (unpaired) electrons. The molecule has 0 aliphatic carbocycles. The van der Waals surface area contributed by atoms with E-state index in [4.69, 9.17) is 24.2 Å². The zero-order chi connectivity index (χ0) is 26.7. The summed E-state index contributed by atoms with van der Waals surface area (Å²) in [7, 11) is 6.32. The molecule has 1 aromatic carbocycles. The van der Waals surface area contributed by atoms with Crippen LogP contribution in [0.25, 0.3) is 16.7 Å². The lowest BCUT2D eigenvalue weighted by molar-refractivity contribution is -0.120. The maximum atomic E-state index is 12.0. The third kappa shape index (κ3) is 5.13. The van der Waals surface area contributed by atoms with Crippen LogP contribution >= 0.6 is 0 Å². The largest absolute Gasteiger partial charge is 0.493 e. The smallest absolute Gasteiger partial charge is 0.220 e. The Hall–Kier alpha value is -4.35. The molecule has 12 heteroatoms. The van der Waals surface area contributed by atoms with E-state index >= 15 is 0 Å². The highest BCUT2D eigenvalue weighted by Crippen LogP contribution is 2.39. The van der Waals surface area contributed by atoms with Crippen molar-refractivity contribution >= 4 is 28.6 Å². The van der Waals surface area contributed by atoms with Gasteiger partial charge in [0, 0.05) is 37.6 Å². The zero-order valence-electron chi connectivity index (χ0n) is 22.1. The summed E-state index contributed by atoms with van der Waals surface area (Å²) in [4.78, 5) is 26.0. The van der Waals surface area contributed by atoms with Gasteiger partial charge in [-0.25, -0.2) is 19.6 Å². The molecule has 1 amide bonds. The summed E-state index contributed by atoms with van der Waals surface area (Å²) < 4.78 is 20.0. The summed E-state index contributed by atoms with van der Waals surface area (Å²) in [6.45, 7) is 6.00. The molecule has 12 nitrogen and oxygen atoms in total. The fourth-order valence-electron chi connectivity index (χ4n) is 3.97. The Labute approximate surface area is 215 Å². The van der Waals surface area contributed by atoms with E-state index in [1.165, 1.54) is 0 Å². The summed E-state index contributed by atoms with van der Waals surface area (Å²) in [6, 6.07) is 3.77. The van der Waals surface area contributed by atoms with Gasteiger partial charge in [-0.1, -0.05) is 6.92 Å². The number of hydrogen-bond donors (Lipinski definition) is 2.